The van der Waals surface area contributed by atoms with Crippen molar-refractivity contribution in [2.24, 2.45) is 0 Å². The molecule has 25 heavy (non-hydrogen) atoms. The molecular formula is C18H13N3O4. The summed E-state index contributed by atoms with van der Waals surface area (Å²) in [6.07, 6.45) is 4.12. The highest BCUT2D eigenvalue weighted by molar-refractivity contribution is 6.06. The first-order valence-electron chi connectivity index (χ1n) is 7.13. The number of amides is 1. The molecule has 0 unspecified atom stereocenters. The number of nitriles is 1. The summed E-state index contributed by atoms with van der Waals surface area (Å²) in [6, 6.07) is 13.7. The predicted octanol–water partition coefficient (Wildman–Crippen LogP) is 3.40. The van der Waals surface area contributed by atoms with E-state index < -0.39 is 10.8 Å². The zero-order chi connectivity index (χ0) is 18.2. The molecule has 0 aliphatic heterocycles. The Morgan fingerprint density at radius 1 is 1.20 bits per heavy atom. The molecule has 2 rings (SSSR count). The van der Waals surface area contributed by atoms with Crippen LogP contribution in [0.1, 0.15) is 5.56 Å². The van der Waals surface area contributed by atoms with Gasteiger partial charge in [-0.25, -0.2) is 0 Å². The van der Waals surface area contributed by atoms with Crippen molar-refractivity contribution in [2.45, 2.75) is 0 Å². The first-order chi connectivity index (χ1) is 12.0. The normalized spacial score (nSPS) is 11.1. The van der Waals surface area contributed by atoms with E-state index in [0.29, 0.717) is 11.3 Å². The van der Waals surface area contributed by atoms with Gasteiger partial charge < -0.3 is 10.4 Å². The first kappa shape index (κ1) is 17.4. The summed E-state index contributed by atoms with van der Waals surface area (Å²) >= 11 is 0. The Balaban J connectivity index is 2.15. The number of phenolic OH excluding ortho intramolecular Hbond substituents is 1. The number of allylic oxidation sites excluding steroid dienone is 2. The average Bonchev–Trinajstić information content (AvgIpc) is 2.61. The Morgan fingerprint density at radius 3 is 2.52 bits per heavy atom. The van der Waals surface area contributed by atoms with Gasteiger partial charge in [-0.15, -0.1) is 0 Å². The molecule has 0 atom stereocenters. The van der Waals surface area contributed by atoms with Crippen LogP contribution < -0.4 is 5.32 Å². The number of nitrogens with zero attached hydrogens (tertiary/aromatic N) is 2. The van der Waals surface area contributed by atoms with Crippen LogP contribution in [0.5, 0.6) is 5.75 Å². The Bertz CT molecular complexity index is 893. The Labute approximate surface area is 143 Å². The highest BCUT2D eigenvalue weighted by Crippen LogP contribution is 2.19. The third-order valence-corrected chi connectivity index (χ3v) is 3.16. The van der Waals surface area contributed by atoms with E-state index in [2.05, 4.69) is 5.32 Å². The minimum Gasteiger partial charge on any atom is -0.508 e. The number of nitro benzene ring substituents is 1. The Morgan fingerprint density at radius 2 is 1.88 bits per heavy atom. The molecule has 0 aliphatic rings. The van der Waals surface area contributed by atoms with Crippen LogP contribution in [-0.4, -0.2) is 15.9 Å². The molecule has 7 heteroatoms. The maximum absolute atomic E-state index is 12.0. The molecule has 0 aliphatic carbocycles. The van der Waals surface area contributed by atoms with Crippen molar-refractivity contribution in [3.8, 4) is 11.8 Å². The summed E-state index contributed by atoms with van der Waals surface area (Å²) < 4.78 is 0. The molecule has 0 saturated heterocycles. The Hall–Kier alpha value is -3.92. The van der Waals surface area contributed by atoms with Gasteiger partial charge in [-0.3, -0.25) is 14.9 Å². The minimum absolute atomic E-state index is 0.0569. The van der Waals surface area contributed by atoms with Gasteiger partial charge in [0.1, 0.15) is 17.4 Å². The lowest BCUT2D eigenvalue weighted by atomic mass is 10.1. The standard InChI is InChI=1S/C18H13N3O4/c19-12-14(18(23)20-15-8-10-16(22)11-9-15)6-3-5-13-4-1-2-7-17(13)21(24)25/h1-11,22H,(H,20,23)/b5-3+,14-6-. The highest BCUT2D eigenvalue weighted by Gasteiger charge is 2.10. The van der Waals surface area contributed by atoms with E-state index in [1.807, 2.05) is 0 Å². The van der Waals surface area contributed by atoms with Gasteiger partial charge in [0.2, 0.25) is 0 Å². The molecule has 0 spiro atoms. The van der Waals surface area contributed by atoms with Crippen molar-refractivity contribution >= 4 is 23.4 Å². The number of rotatable bonds is 5. The number of carbonyl (C=O) groups is 1. The van der Waals surface area contributed by atoms with Crippen LogP contribution in [0, 0.1) is 21.4 Å². The van der Waals surface area contributed by atoms with Gasteiger partial charge in [0, 0.05) is 11.8 Å². The summed E-state index contributed by atoms with van der Waals surface area (Å²) in [5.41, 5.74) is 0.550. The van der Waals surface area contributed by atoms with Crippen LogP contribution in [0.15, 0.2) is 66.3 Å². The summed E-state index contributed by atoms with van der Waals surface area (Å²) in [6.45, 7) is 0. The maximum atomic E-state index is 12.0. The van der Waals surface area contributed by atoms with E-state index in [4.69, 9.17) is 5.26 Å². The number of anilines is 1. The quantitative estimate of drug-likeness (QED) is 0.217. The number of hydrogen-bond acceptors (Lipinski definition) is 5. The van der Waals surface area contributed by atoms with Crippen LogP contribution in [0.4, 0.5) is 11.4 Å². The van der Waals surface area contributed by atoms with E-state index in [1.54, 1.807) is 24.3 Å². The molecule has 0 bridgehead atoms. The lowest BCUT2D eigenvalue weighted by Gasteiger charge is -2.03. The van der Waals surface area contributed by atoms with Crippen LogP contribution >= 0.6 is 0 Å². The second kappa shape index (κ2) is 8.08. The van der Waals surface area contributed by atoms with Crippen molar-refractivity contribution in [1.29, 1.82) is 5.26 Å². The van der Waals surface area contributed by atoms with Crippen molar-refractivity contribution in [1.82, 2.24) is 0 Å². The van der Waals surface area contributed by atoms with E-state index in [0.717, 1.165) is 0 Å². The smallest absolute Gasteiger partial charge is 0.276 e. The lowest BCUT2D eigenvalue weighted by molar-refractivity contribution is -0.385. The summed E-state index contributed by atoms with van der Waals surface area (Å²) in [5, 5.41) is 31.7. The van der Waals surface area contributed by atoms with Crippen molar-refractivity contribution in [3.63, 3.8) is 0 Å². The van der Waals surface area contributed by atoms with Gasteiger partial charge in [-0.1, -0.05) is 18.2 Å². The molecule has 124 valence electrons. The van der Waals surface area contributed by atoms with Crippen LogP contribution in [0.3, 0.4) is 0 Å². The van der Waals surface area contributed by atoms with E-state index >= 15 is 0 Å². The Kier molecular flexibility index (Phi) is 5.63. The molecule has 2 aromatic rings. The zero-order valence-electron chi connectivity index (χ0n) is 12.9. The fourth-order valence-corrected chi connectivity index (χ4v) is 1.95. The van der Waals surface area contributed by atoms with Gasteiger partial charge in [0.15, 0.2) is 0 Å². The van der Waals surface area contributed by atoms with Gasteiger partial charge in [-0.05, 0) is 42.5 Å². The molecule has 0 saturated carbocycles. The molecule has 1 amide bonds. The number of aromatic hydroxyl groups is 1. The lowest BCUT2D eigenvalue weighted by Crippen LogP contribution is -2.13. The summed E-state index contributed by atoms with van der Waals surface area (Å²) in [5.74, 6) is -0.568. The second-order valence-corrected chi connectivity index (χ2v) is 4.87. The van der Waals surface area contributed by atoms with Crippen molar-refractivity contribution in [2.75, 3.05) is 5.32 Å². The second-order valence-electron chi connectivity index (χ2n) is 4.87. The summed E-state index contributed by atoms with van der Waals surface area (Å²) in [7, 11) is 0. The van der Waals surface area contributed by atoms with Crippen LogP contribution in [0.25, 0.3) is 6.08 Å². The number of nitrogens with one attached hydrogen (secondary N) is 1. The fraction of sp³-hybridized carbons (Fsp3) is 0. The van der Waals surface area contributed by atoms with Crippen LogP contribution in [-0.2, 0) is 4.79 Å². The third-order valence-electron chi connectivity index (χ3n) is 3.16. The molecular weight excluding hydrogens is 322 g/mol. The fourth-order valence-electron chi connectivity index (χ4n) is 1.95. The third kappa shape index (κ3) is 4.77. The monoisotopic (exact) mass is 335 g/mol. The molecule has 0 fully saturated rings. The molecule has 0 radical (unpaired) electrons. The SMILES string of the molecule is N#C/C(=C/C=C/c1ccccc1[N+](=O)[O-])C(=O)Nc1ccc(O)cc1. The van der Waals surface area contributed by atoms with Crippen molar-refractivity contribution in [3.05, 3.63) is 81.9 Å². The number of hydrogen-bond donors (Lipinski definition) is 2. The van der Waals surface area contributed by atoms with Gasteiger partial charge in [0.05, 0.1) is 10.5 Å². The minimum atomic E-state index is -0.625. The number of phenols is 1. The van der Waals surface area contributed by atoms with Crippen molar-refractivity contribution < 1.29 is 14.8 Å². The molecule has 2 N–H and O–H groups in total. The predicted molar refractivity (Wildman–Crippen MR) is 92.6 cm³/mol. The largest absolute Gasteiger partial charge is 0.508 e. The number of para-hydroxylation sites is 1. The average molecular weight is 335 g/mol. The number of benzene rings is 2. The zero-order valence-corrected chi connectivity index (χ0v) is 12.9. The van der Waals surface area contributed by atoms with E-state index in [1.165, 1.54) is 48.6 Å². The van der Waals surface area contributed by atoms with Gasteiger partial charge in [0.25, 0.3) is 11.6 Å². The maximum Gasteiger partial charge on any atom is 0.276 e. The summed E-state index contributed by atoms with van der Waals surface area (Å²) in [4.78, 5) is 22.5. The molecule has 0 heterocycles. The van der Waals surface area contributed by atoms with Gasteiger partial charge >= 0.3 is 0 Å². The van der Waals surface area contributed by atoms with E-state index in [9.17, 15) is 20.0 Å². The topological polar surface area (TPSA) is 116 Å². The molecule has 2 aromatic carbocycles. The van der Waals surface area contributed by atoms with Gasteiger partial charge in [-0.2, -0.15) is 5.26 Å². The highest BCUT2D eigenvalue weighted by atomic mass is 16.6. The number of nitro groups is 1. The molecule has 7 nitrogen and oxygen atoms in total. The molecule has 0 aromatic heterocycles. The van der Waals surface area contributed by atoms with Crippen LogP contribution in [0.2, 0.25) is 0 Å². The van der Waals surface area contributed by atoms with E-state index in [-0.39, 0.29) is 17.0 Å². The number of carbonyl (C=O) groups excluding carboxylic acids is 1. The first-order valence-corrected chi connectivity index (χ1v) is 7.13.